The number of rotatable bonds is 3. The van der Waals surface area contributed by atoms with Gasteiger partial charge in [0.25, 0.3) is 17.7 Å². The number of piperidine rings is 1. The standard InChI is InChI=1S/C22H22N2O3/c1-15-6-5-11-23(13-15)20(25)17-9-10-18-19(12-17)22(27)24(21(18)26)14-16-7-3-2-4-8-16/h2-4,7-10,12,15H,5-6,11,13-14H2,1H3. The Bertz CT molecular complexity index is 907. The first-order chi connectivity index (χ1) is 13.0. The van der Waals surface area contributed by atoms with Crippen LogP contribution < -0.4 is 0 Å². The molecule has 0 bridgehead atoms. The highest BCUT2D eigenvalue weighted by atomic mass is 16.2. The van der Waals surface area contributed by atoms with E-state index in [0.29, 0.717) is 22.6 Å². The van der Waals surface area contributed by atoms with E-state index in [0.717, 1.165) is 31.5 Å². The number of hydrogen-bond donors (Lipinski definition) is 0. The number of hydrogen-bond acceptors (Lipinski definition) is 3. The molecule has 1 atom stereocenters. The molecule has 0 aromatic heterocycles. The van der Waals surface area contributed by atoms with E-state index in [9.17, 15) is 14.4 Å². The number of benzene rings is 2. The third-order valence-corrected chi connectivity index (χ3v) is 5.35. The van der Waals surface area contributed by atoms with Crippen LogP contribution in [0.2, 0.25) is 0 Å². The number of likely N-dealkylation sites (tertiary alicyclic amines) is 1. The Balaban J connectivity index is 1.58. The molecule has 138 valence electrons. The summed E-state index contributed by atoms with van der Waals surface area (Å²) < 4.78 is 0. The number of carbonyl (C=O) groups excluding carboxylic acids is 3. The van der Waals surface area contributed by atoms with Gasteiger partial charge in [0.15, 0.2) is 0 Å². The van der Waals surface area contributed by atoms with E-state index in [4.69, 9.17) is 0 Å². The SMILES string of the molecule is CC1CCCN(C(=O)c2ccc3c(c2)C(=O)N(Cc2ccccc2)C3=O)C1. The van der Waals surface area contributed by atoms with Gasteiger partial charge in [-0.2, -0.15) is 0 Å². The van der Waals surface area contributed by atoms with Crippen LogP contribution in [0.1, 0.15) is 56.4 Å². The highest BCUT2D eigenvalue weighted by Crippen LogP contribution is 2.27. The summed E-state index contributed by atoms with van der Waals surface area (Å²) in [5.74, 6) is -0.210. The molecule has 2 aliphatic heterocycles. The molecule has 0 spiro atoms. The van der Waals surface area contributed by atoms with Gasteiger partial charge in [0.05, 0.1) is 17.7 Å². The van der Waals surface area contributed by atoms with Crippen molar-refractivity contribution in [3.05, 3.63) is 70.8 Å². The highest BCUT2D eigenvalue weighted by molar-refractivity contribution is 6.22. The lowest BCUT2D eigenvalue weighted by Gasteiger charge is -2.31. The Labute approximate surface area is 158 Å². The molecule has 0 saturated carbocycles. The Morgan fingerprint density at radius 2 is 1.78 bits per heavy atom. The zero-order valence-corrected chi connectivity index (χ0v) is 15.4. The van der Waals surface area contributed by atoms with E-state index in [1.807, 2.05) is 35.2 Å². The van der Waals surface area contributed by atoms with Crippen LogP contribution in [-0.4, -0.2) is 40.6 Å². The first kappa shape index (κ1) is 17.5. The predicted octanol–water partition coefficient (Wildman–Crippen LogP) is 3.35. The van der Waals surface area contributed by atoms with Crippen molar-refractivity contribution in [2.45, 2.75) is 26.3 Å². The highest BCUT2D eigenvalue weighted by Gasteiger charge is 2.36. The summed E-state index contributed by atoms with van der Waals surface area (Å²) in [4.78, 5) is 41.4. The summed E-state index contributed by atoms with van der Waals surface area (Å²) in [5.41, 5.74) is 2.07. The van der Waals surface area contributed by atoms with E-state index in [1.54, 1.807) is 18.2 Å². The lowest BCUT2D eigenvalue weighted by Crippen LogP contribution is -2.39. The summed E-state index contributed by atoms with van der Waals surface area (Å²) >= 11 is 0. The molecule has 1 saturated heterocycles. The zero-order valence-electron chi connectivity index (χ0n) is 15.4. The van der Waals surface area contributed by atoms with Crippen molar-refractivity contribution in [3.8, 4) is 0 Å². The molecule has 2 aromatic carbocycles. The van der Waals surface area contributed by atoms with Crippen molar-refractivity contribution in [1.29, 1.82) is 0 Å². The molecule has 5 heteroatoms. The normalized spacial score (nSPS) is 19.4. The maximum Gasteiger partial charge on any atom is 0.261 e. The third kappa shape index (κ3) is 3.25. The maximum absolute atomic E-state index is 12.8. The van der Waals surface area contributed by atoms with E-state index in [-0.39, 0.29) is 24.3 Å². The summed E-state index contributed by atoms with van der Waals surface area (Å²) in [6.45, 7) is 3.86. The summed E-state index contributed by atoms with van der Waals surface area (Å²) in [6.07, 6.45) is 2.13. The van der Waals surface area contributed by atoms with Crippen LogP contribution in [0.15, 0.2) is 48.5 Å². The van der Waals surface area contributed by atoms with Crippen LogP contribution in [0.5, 0.6) is 0 Å². The minimum Gasteiger partial charge on any atom is -0.338 e. The predicted molar refractivity (Wildman–Crippen MR) is 101 cm³/mol. The third-order valence-electron chi connectivity index (χ3n) is 5.35. The fraction of sp³-hybridized carbons (Fsp3) is 0.318. The van der Waals surface area contributed by atoms with Crippen LogP contribution in [0.25, 0.3) is 0 Å². The minimum absolute atomic E-state index is 0.0638. The second kappa shape index (κ2) is 6.99. The molecule has 0 N–H and O–H groups in total. The molecule has 3 amide bonds. The van der Waals surface area contributed by atoms with Crippen molar-refractivity contribution in [2.75, 3.05) is 13.1 Å². The fourth-order valence-corrected chi connectivity index (χ4v) is 3.89. The van der Waals surface area contributed by atoms with Gasteiger partial charge in [0, 0.05) is 18.7 Å². The minimum atomic E-state index is -0.333. The molecule has 0 aliphatic carbocycles. The molecule has 4 rings (SSSR count). The zero-order chi connectivity index (χ0) is 19.0. The smallest absolute Gasteiger partial charge is 0.261 e. The molecule has 2 aromatic rings. The summed E-state index contributed by atoms with van der Waals surface area (Å²) in [6, 6.07) is 14.3. The van der Waals surface area contributed by atoms with E-state index >= 15 is 0 Å². The molecular weight excluding hydrogens is 340 g/mol. The Hall–Kier alpha value is -2.95. The molecule has 2 heterocycles. The topological polar surface area (TPSA) is 57.7 Å². The van der Waals surface area contributed by atoms with Crippen LogP contribution >= 0.6 is 0 Å². The summed E-state index contributed by atoms with van der Waals surface area (Å²) in [5, 5.41) is 0. The molecule has 5 nitrogen and oxygen atoms in total. The quantitative estimate of drug-likeness (QED) is 0.787. The molecule has 2 aliphatic rings. The monoisotopic (exact) mass is 362 g/mol. The number of nitrogens with zero attached hydrogens (tertiary/aromatic N) is 2. The van der Waals surface area contributed by atoms with E-state index in [2.05, 4.69) is 6.92 Å². The average molecular weight is 362 g/mol. The van der Waals surface area contributed by atoms with Crippen LogP contribution in [0.3, 0.4) is 0 Å². The molecular formula is C22H22N2O3. The van der Waals surface area contributed by atoms with Crippen molar-refractivity contribution in [3.63, 3.8) is 0 Å². The van der Waals surface area contributed by atoms with Gasteiger partial charge in [-0.1, -0.05) is 37.3 Å². The Morgan fingerprint density at radius 3 is 2.52 bits per heavy atom. The maximum atomic E-state index is 12.8. The molecule has 0 radical (unpaired) electrons. The van der Waals surface area contributed by atoms with E-state index in [1.165, 1.54) is 4.90 Å². The Kier molecular flexibility index (Phi) is 4.52. The number of carbonyl (C=O) groups is 3. The van der Waals surface area contributed by atoms with E-state index < -0.39 is 0 Å². The van der Waals surface area contributed by atoms with Gasteiger partial charge in [-0.25, -0.2) is 0 Å². The van der Waals surface area contributed by atoms with Gasteiger partial charge in [0.1, 0.15) is 0 Å². The Morgan fingerprint density at radius 1 is 1.04 bits per heavy atom. The lowest BCUT2D eigenvalue weighted by atomic mass is 9.98. The van der Waals surface area contributed by atoms with Gasteiger partial charge in [-0.05, 0) is 42.5 Å². The van der Waals surface area contributed by atoms with Gasteiger partial charge in [0.2, 0.25) is 0 Å². The van der Waals surface area contributed by atoms with Crippen molar-refractivity contribution in [2.24, 2.45) is 5.92 Å². The van der Waals surface area contributed by atoms with Gasteiger partial charge in [-0.3, -0.25) is 19.3 Å². The van der Waals surface area contributed by atoms with Crippen LogP contribution in [-0.2, 0) is 6.54 Å². The van der Waals surface area contributed by atoms with Gasteiger partial charge >= 0.3 is 0 Å². The lowest BCUT2D eigenvalue weighted by molar-refractivity contribution is 0.0641. The van der Waals surface area contributed by atoms with Crippen molar-refractivity contribution in [1.82, 2.24) is 9.80 Å². The summed E-state index contributed by atoms with van der Waals surface area (Å²) in [7, 11) is 0. The van der Waals surface area contributed by atoms with Crippen molar-refractivity contribution < 1.29 is 14.4 Å². The molecule has 1 fully saturated rings. The second-order valence-corrected chi connectivity index (χ2v) is 7.44. The number of imide groups is 1. The second-order valence-electron chi connectivity index (χ2n) is 7.44. The fourth-order valence-electron chi connectivity index (χ4n) is 3.89. The van der Waals surface area contributed by atoms with Crippen LogP contribution in [0.4, 0.5) is 0 Å². The number of fused-ring (bicyclic) bond motifs is 1. The first-order valence-electron chi connectivity index (χ1n) is 9.38. The largest absolute Gasteiger partial charge is 0.338 e. The first-order valence-corrected chi connectivity index (χ1v) is 9.38. The average Bonchev–Trinajstić information content (AvgIpc) is 2.92. The molecule has 1 unspecified atom stereocenters. The van der Waals surface area contributed by atoms with Crippen molar-refractivity contribution >= 4 is 17.7 Å². The van der Waals surface area contributed by atoms with Crippen LogP contribution in [0, 0.1) is 5.92 Å². The number of amides is 3. The van der Waals surface area contributed by atoms with Gasteiger partial charge < -0.3 is 4.90 Å². The van der Waals surface area contributed by atoms with Gasteiger partial charge in [-0.15, -0.1) is 0 Å². The molecule has 27 heavy (non-hydrogen) atoms.